The minimum absolute atomic E-state index is 0.0234. The highest BCUT2D eigenvalue weighted by Gasteiger charge is 2.32. The maximum Gasteiger partial charge on any atom is 0.117 e. The van der Waals surface area contributed by atoms with Gasteiger partial charge in [0.15, 0.2) is 0 Å². The Bertz CT molecular complexity index is 378. The van der Waals surface area contributed by atoms with Crippen LogP contribution in [0.5, 0.6) is 5.75 Å². The van der Waals surface area contributed by atoms with Crippen molar-refractivity contribution in [3.05, 3.63) is 23.8 Å². The van der Waals surface area contributed by atoms with Crippen molar-refractivity contribution in [2.75, 3.05) is 19.0 Å². The molecular formula is C13H19NO2. The molecule has 0 saturated heterocycles. The SMILES string of the molecule is CCC1(COC)CCc2ccc(O)cc2N1. The molecule has 1 aliphatic rings. The summed E-state index contributed by atoms with van der Waals surface area (Å²) >= 11 is 0. The number of aryl methyl sites for hydroxylation is 1. The summed E-state index contributed by atoms with van der Waals surface area (Å²) in [4.78, 5) is 0. The van der Waals surface area contributed by atoms with E-state index in [2.05, 4.69) is 12.2 Å². The van der Waals surface area contributed by atoms with Gasteiger partial charge in [0.05, 0.1) is 12.1 Å². The molecule has 0 radical (unpaired) electrons. The second-order valence-electron chi connectivity index (χ2n) is 4.53. The fraction of sp³-hybridized carbons (Fsp3) is 0.538. The van der Waals surface area contributed by atoms with Gasteiger partial charge in [-0.05, 0) is 30.9 Å². The molecule has 0 bridgehead atoms. The summed E-state index contributed by atoms with van der Waals surface area (Å²) in [5, 5.41) is 13.0. The van der Waals surface area contributed by atoms with Crippen molar-refractivity contribution < 1.29 is 9.84 Å². The van der Waals surface area contributed by atoms with Crippen molar-refractivity contribution in [2.24, 2.45) is 0 Å². The summed E-state index contributed by atoms with van der Waals surface area (Å²) in [5.41, 5.74) is 2.35. The summed E-state index contributed by atoms with van der Waals surface area (Å²) in [5.74, 6) is 0.315. The molecular weight excluding hydrogens is 202 g/mol. The number of hydrogen-bond acceptors (Lipinski definition) is 3. The topological polar surface area (TPSA) is 41.5 Å². The minimum atomic E-state index is 0.0234. The van der Waals surface area contributed by atoms with Gasteiger partial charge in [0, 0.05) is 18.9 Å². The van der Waals surface area contributed by atoms with Gasteiger partial charge in [0.1, 0.15) is 5.75 Å². The number of ether oxygens (including phenoxy) is 1. The average Bonchev–Trinajstić information content (AvgIpc) is 2.29. The largest absolute Gasteiger partial charge is 0.508 e. The van der Waals surface area contributed by atoms with Crippen LogP contribution in [0.25, 0.3) is 0 Å². The van der Waals surface area contributed by atoms with Crippen LogP contribution < -0.4 is 5.32 Å². The average molecular weight is 221 g/mol. The van der Waals surface area contributed by atoms with E-state index in [1.165, 1.54) is 5.56 Å². The molecule has 0 fully saturated rings. The maximum atomic E-state index is 9.49. The first-order valence-corrected chi connectivity index (χ1v) is 5.78. The van der Waals surface area contributed by atoms with Gasteiger partial charge < -0.3 is 15.2 Å². The minimum Gasteiger partial charge on any atom is -0.508 e. The zero-order valence-electron chi connectivity index (χ0n) is 9.92. The number of nitrogens with one attached hydrogen (secondary N) is 1. The summed E-state index contributed by atoms with van der Waals surface area (Å²) in [7, 11) is 1.73. The van der Waals surface area contributed by atoms with E-state index in [0.29, 0.717) is 12.4 Å². The number of phenols is 1. The monoisotopic (exact) mass is 221 g/mol. The summed E-state index contributed by atoms with van der Waals surface area (Å²) in [6, 6.07) is 5.54. The van der Waals surface area contributed by atoms with E-state index in [-0.39, 0.29) is 5.54 Å². The van der Waals surface area contributed by atoms with Crippen LogP contribution in [0.2, 0.25) is 0 Å². The Morgan fingerprint density at radius 3 is 3.00 bits per heavy atom. The number of anilines is 1. The lowest BCUT2D eigenvalue weighted by Crippen LogP contribution is -2.45. The number of fused-ring (bicyclic) bond motifs is 1. The molecule has 0 amide bonds. The van der Waals surface area contributed by atoms with Crippen molar-refractivity contribution in [1.82, 2.24) is 0 Å². The third-order valence-corrected chi connectivity index (χ3v) is 3.46. The van der Waals surface area contributed by atoms with Gasteiger partial charge in [0.25, 0.3) is 0 Å². The highest BCUT2D eigenvalue weighted by Crippen LogP contribution is 2.34. The molecule has 1 atom stereocenters. The number of hydrogen-bond donors (Lipinski definition) is 2. The van der Waals surface area contributed by atoms with Crippen molar-refractivity contribution >= 4 is 5.69 Å². The van der Waals surface area contributed by atoms with Crippen LogP contribution in [0.1, 0.15) is 25.3 Å². The third kappa shape index (κ3) is 2.00. The lowest BCUT2D eigenvalue weighted by atomic mass is 9.84. The van der Waals surface area contributed by atoms with Crippen molar-refractivity contribution in [3.8, 4) is 5.75 Å². The predicted molar refractivity (Wildman–Crippen MR) is 64.9 cm³/mol. The van der Waals surface area contributed by atoms with Gasteiger partial charge in [-0.1, -0.05) is 13.0 Å². The fourth-order valence-electron chi connectivity index (χ4n) is 2.37. The molecule has 16 heavy (non-hydrogen) atoms. The molecule has 1 aromatic rings. The highest BCUT2D eigenvalue weighted by molar-refractivity contribution is 5.58. The Balaban J connectivity index is 2.27. The number of benzene rings is 1. The Morgan fingerprint density at radius 2 is 2.31 bits per heavy atom. The van der Waals surface area contributed by atoms with Gasteiger partial charge in [0.2, 0.25) is 0 Å². The quantitative estimate of drug-likeness (QED) is 0.824. The van der Waals surface area contributed by atoms with Crippen LogP contribution in [0, 0.1) is 0 Å². The van der Waals surface area contributed by atoms with Crippen LogP contribution in [0.15, 0.2) is 18.2 Å². The molecule has 2 N–H and O–H groups in total. The molecule has 1 heterocycles. The molecule has 3 heteroatoms. The molecule has 2 rings (SSSR count). The van der Waals surface area contributed by atoms with Crippen LogP contribution in [0.4, 0.5) is 5.69 Å². The second-order valence-corrected chi connectivity index (χ2v) is 4.53. The van der Waals surface area contributed by atoms with E-state index in [1.54, 1.807) is 19.2 Å². The van der Waals surface area contributed by atoms with E-state index >= 15 is 0 Å². The number of phenolic OH excluding ortho intramolecular Hbond substituents is 1. The molecule has 88 valence electrons. The lowest BCUT2D eigenvalue weighted by Gasteiger charge is -2.39. The molecule has 3 nitrogen and oxygen atoms in total. The molecule has 1 unspecified atom stereocenters. The Kier molecular flexibility index (Phi) is 3.06. The van der Waals surface area contributed by atoms with Gasteiger partial charge in [-0.2, -0.15) is 0 Å². The molecule has 0 aliphatic carbocycles. The van der Waals surface area contributed by atoms with Gasteiger partial charge >= 0.3 is 0 Å². The van der Waals surface area contributed by atoms with Gasteiger partial charge in [-0.3, -0.25) is 0 Å². The van der Waals surface area contributed by atoms with Crippen molar-refractivity contribution in [3.63, 3.8) is 0 Å². The normalized spacial score (nSPS) is 23.6. The van der Waals surface area contributed by atoms with Crippen LogP contribution in [0.3, 0.4) is 0 Å². The van der Waals surface area contributed by atoms with Gasteiger partial charge in [-0.15, -0.1) is 0 Å². The maximum absolute atomic E-state index is 9.49. The number of aromatic hydroxyl groups is 1. The Labute approximate surface area is 96.4 Å². The van der Waals surface area contributed by atoms with Crippen molar-refractivity contribution in [1.29, 1.82) is 0 Å². The molecule has 1 aliphatic heterocycles. The molecule has 1 aromatic carbocycles. The summed E-state index contributed by atoms with van der Waals surface area (Å²) in [6.07, 6.45) is 3.14. The first kappa shape index (κ1) is 11.3. The first-order chi connectivity index (χ1) is 7.69. The van der Waals surface area contributed by atoms with E-state index in [4.69, 9.17) is 4.74 Å². The van der Waals surface area contributed by atoms with E-state index < -0.39 is 0 Å². The van der Waals surface area contributed by atoms with Crippen LogP contribution in [-0.4, -0.2) is 24.4 Å². The van der Waals surface area contributed by atoms with Crippen molar-refractivity contribution in [2.45, 2.75) is 31.7 Å². The third-order valence-electron chi connectivity index (χ3n) is 3.46. The molecule has 0 saturated carbocycles. The molecule has 0 aromatic heterocycles. The zero-order chi connectivity index (χ0) is 11.6. The Hall–Kier alpha value is -1.22. The zero-order valence-corrected chi connectivity index (χ0v) is 9.92. The van der Waals surface area contributed by atoms with E-state index in [9.17, 15) is 5.11 Å². The lowest BCUT2D eigenvalue weighted by molar-refractivity contribution is 0.133. The van der Waals surface area contributed by atoms with E-state index in [1.807, 2.05) is 6.07 Å². The van der Waals surface area contributed by atoms with Crippen LogP contribution >= 0.6 is 0 Å². The molecule has 0 spiro atoms. The smallest absolute Gasteiger partial charge is 0.117 e. The standard InChI is InChI=1S/C13H19NO2/c1-3-13(9-16-2)7-6-10-4-5-11(15)8-12(10)14-13/h4-5,8,14-15H,3,6-7,9H2,1-2H3. The highest BCUT2D eigenvalue weighted by atomic mass is 16.5. The summed E-state index contributed by atoms with van der Waals surface area (Å²) < 4.78 is 5.30. The van der Waals surface area contributed by atoms with Crippen LogP contribution in [-0.2, 0) is 11.2 Å². The van der Waals surface area contributed by atoms with Gasteiger partial charge in [-0.25, -0.2) is 0 Å². The number of methoxy groups -OCH3 is 1. The van der Waals surface area contributed by atoms with E-state index in [0.717, 1.165) is 24.9 Å². The predicted octanol–water partition coefficient (Wildman–Crippen LogP) is 2.55. The number of rotatable bonds is 3. The summed E-state index contributed by atoms with van der Waals surface area (Å²) in [6.45, 7) is 2.87. The fourth-order valence-corrected chi connectivity index (χ4v) is 2.37. The second kappa shape index (κ2) is 4.34. The Morgan fingerprint density at radius 1 is 1.50 bits per heavy atom. The first-order valence-electron chi connectivity index (χ1n) is 5.78.